The Morgan fingerprint density at radius 3 is 2.58 bits per heavy atom. The van der Waals surface area contributed by atoms with Gasteiger partial charge in [-0.05, 0) is 30.5 Å². The Kier molecular flexibility index (Phi) is 5.05. The van der Waals surface area contributed by atoms with Crippen LogP contribution in [-0.2, 0) is 14.3 Å². The van der Waals surface area contributed by atoms with E-state index in [-0.39, 0.29) is 6.10 Å². The van der Waals surface area contributed by atoms with Crippen molar-refractivity contribution in [1.29, 1.82) is 0 Å². The van der Waals surface area contributed by atoms with Gasteiger partial charge in [0.25, 0.3) is 5.91 Å². The quantitative estimate of drug-likeness (QED) is 0.930. The number of hydrogen-bond acceptors (Lipinski definition) is 3. The number of carbonyl (C=O) groups excluding carboxylic acids is 1. The number of carbonyl (C=O) groups is 1. The number of ether oxygens (including phenoxy) is 2. The molecule has 6 heteroatoms. The first-order valence-corrected chi connectivity index (χ1v) is 6.81. The van der Waals surface area contributed by atoms with Crippen molar-refractivity contribution >= 4 is 29.1 Å². The predicted molar refractivity (Wildman–Crippen MR) is 73.3 cm³/mol. The van der Waals surface area contributed by atoms with E-state index < -0.39 is 12.0 Å². The highest BCUT2D eigenvalue weighted by molar-refractivity contribution is 6.42. The Bertz CT molecular complexity index is 461. The summed E-state index contributed by atoms with van der Waals surface area (Å²) in [4.78, 5) is 11.6. The largest absolute Gasteiger partial charge is 0.381 e. The molecule has 1 heterocycles. The zero-order valence-corrected chi connectivity index (χ0v) is 11.8. The molecule has 0 radical (unpaired) electrons. The van der Waals surface area contributed by atoms with Crippen LogP contribution < -0.4 is 5.73 Å². The van der Waals surface area contributed by atoms with Crippen molar-refractivity contribution in [1.82, 2.24) is 0 Å². The van der Waals surface area contributed by atoms with Gasteiger partial charge in [-0.3, -0.25) is 4.79 Å². The number of rotatable bonds is 4. The summed E-state index contributed by atoms with van der Waals surface area (Å²) in [7, 11) is 0. The van der Waals surface area contributed by atoms with Crippen LogP contribution in [0.15, 0.2) is 18.2 Å². The Balaban J connectivity index is 2.14. The molecule has 1 fully saturated rings. The normalized spacial score (nSPS) is 18.2. The van der Waals surface area contributed by atoms with Crippen molar-refractivity contribution in [2.75, 3.05) is 13.2 Å². The van der Waals surface area contributed by atoms with Crippen LogP contribution in [0.5, 0.6) is 0 Å². The first kappa shape index (κ1) is 14.6. The third-order valence-electron chi connectivity index (χ3n) is 3.00. The van der Waals surface area contributed by atoms with Gasteiger partial charge in [0, 0.05) is 13.2 Å². The van der Waals surface area contributed by atoms with Crippen molar-refractivity contribution in [3.8, 4) is 0 Å². The van der Waals surface area contributed by atoms with E-state index in [2.05, 4.69) is 0 Å². The Labute approximate surface area is 121 Å². The van der Waals surface area contributed by atoms with Crippen molar-refractivity contribution in [2.24, 2.45) is 5.73 Å². The van der Waals surface area contributed by atoms with Crippen LogP contribution >= 0.6 is 23.2 Å². The Morgan fingerprint density at radius 2 is 2.00 bits per heavy atom. The van der Waals surface area contributed by atoms with Crippen LogP contribution in [-0.4, -0.2) is 25.2 Å². The summed E-state index contributed by atoms with van der Waals surface area (Å²) in [6.07, 6.45) is 0.675. The zero-order valence-electron chi connectivity index (χ0n) is 10.3. The second kappa shape index (κ2) is 6.57. The van der Waals surface area contributed by atoms with Gasteiger partial charge >= 0.3 is 0 Å². The SMILES string of the molecule is NC(=O)C(OC1CCOCC1)c1ccc(Cl)c(Cl)c1. The van der Waals surface area contributed by atoms with Crippen LogP contribution in [0.3, 0.4) is 0 Å². The molecular formula is C13H15Cl2NO3. The lowest BCUT2D eigenvalue weighted by atomic mass is 10.1. The molecule has 1 atom stereocenters. The minimum atomic E-state index is -0.808. The van der Waals surface area contributed by atoms with E-state index in [1.54, 1.807) is 18.2 Å². The summed E-state index contributed by atoms with van der Waals surface area (Å²) in [6.45, 7) is 1.27. The molecule has 0 aliphatic carbocycles. The fraction of sp³-hybridized carbons (Fsp3) is 0.462. The third-order valence-corrected chi connectivity index (χ3v) is 3.74. The Hall–Kier alpha value is -0.810. The number of halogens is 2. The molecule has 4 nitrogen and oxygen atoms in total. The number of amides is 1. The summed E-state index contributed by atoms with van der Waals surface area (Å²) >= 11 is 11.8. The maximum absolute atomic E-state index is 11.6. The molecule has 1 saturated heterocycles. The fourth-order valence-corrected chi connectivity index (χ4v) is 2.30. The minimum Gasteiger partial charge on any atom is -0.381 e. The van der Waals surface area contributed by atoms with E-state index in [0.717, 1.165) is 12.8 Å². The molecule has 19 heavy (non-hydrogen) atoms. The standard InChI is InChI=1S/C13H15Cl2NO3/c14-10-2-1-8(7-11(10)15)12(13(16)17)19-9-3-5-18-6-4-9/h1-2,7,9,12H,3-6H2,(H2,16,17). The van der Waals surface area contributed by atoms with Gasteiger partial charge in [0.15, 0.2) is 6.10 Å². The van der Waals surface area contributed by atoms with Crippen LogP contribution in [0.25, 0.3) is 0 Å². The van der Waals surface area contributed by atoms with Crippen LogP contribution in [0.1, 0.15) is 24.5 Å². The average Bonchev–Trinajstić information content (AvgIpc) is 2.40. The van der Waals surface area contributed by atoms with Gasteiger partial charge in [-0.2, -0.15) is 0 Å². The summed E-state index contributed by atoms with van der Waals surface area (Å²) in [5, 5.41) is 0.806. The first-order valence-electron chi connectivity index (χ1n) is 6.05. The van der Waals surface area contributed by atoms with E-state index in [0.29, 0.717) is 28.8 Å². The second-order valence-corrected chi connectivity index (χ2v) is 5.22. The molecule has 0 aromatic heterocycles. The number of hydrogen-bond donors (Lipinski definition) is 1. The van der Waals surface area contributed by atoms with Crippen LogP contribution in [0, 0.1) is 0 Å². The zero-order chi connectivity index (χ0) is 13.8. The number of primary amides is 1. The maximum atomic E-state index is 11.6. The van der Waals surface area contributed by atoms with E-state index in [4.69, 9.17) is 38.4 Å². The summed E-state index contributed by atoms with van der Waals surface area (Å²) in [5.41, 5.74) is 6.02. The minimum absolute atomic E-state index is 0.0271. The van der Waals surface area contributed by atoms with E-state index >= 15 is 0 Å². The van der Waals surface area contributed by atoms with Gasteiger partial charge in [0.05, 0.1) is 16.1 Å². The van der Waals surface area contributed by atoms with Crippen molar-refractivity contribution < 1.29 is 14.3 Å². The monoisotopic (exact) mass is 303 g/mol. The van der Waals surface area contributed by atoms with Crippen LogP contribution in [0.2, 0.25) is 10.0 Å². The van der Waals surface area contributed by atoms with E-state index in [1.165, 1.54) is 0 Å². The molecular weight excluding hydrogens is 289 g/mol. The summed E-state index contributed by atoms with van der Waals surface area (Å²) < 4.78 is 11.0. The molecule has 1 amide bonds. The average molecular weight is 304 g/mol. The molecule has 1 aliphatic heterocycles. The van der Waals surface area contributed by atoms with Crippen molar-refractivity contribution in [3.63, 3.8) is 0 Å². The molecule has 2 rings (SSSR count). The fourth-order valence-electron chi connectivity index (χ4n) is 1.99. The highest BCUT2D eigenvalue weighted by Gasteiger charge is 2.25. The third kappa shape index (κ3) is 3.83. The van der Waals surface area contributed by atoms with Crippen LogP contribution in [0.4, 0.5) is 0 Å². The molecule has 0 saturated carbocycles. The lowest BCUT2D eigenvalue weighted by Gasteiger charge is -2.26. The van der Waals surface area contributed by atoms with Gasteiger partial charge in [-0.15, -0.1) is 0 Å². The lowest BCUT2D eigenvalue weighted by Crippen LogP contribution is -2.31. The highest BCUT2D eigenvalue weighted by atomic mass is 35.5. The van der Waals surface area contributed by atoms with Gasteiger partial charge in [-0.25, -0.2) is 0 Å². The van der Waals surface area contributed by atoms with Gasteiger partial charge < -0.3 is 15.2 Å². The molecule has 1 aliphatic rings. The van der Waals surface area contributed by atoms with Gasteiger partial charge in [-0.1, -0.05) is 29.3 Å². The van der Waals surface area contributed by atoms with Crippen molar-refractivity contribution in [2.45, 2.75) is 25.0 Å². The summed E-state index contributed by atoms with van der Waals surface area (Å²) in [6, 6.07) is 4.93. The predicted octanol–water partition coefficient (Wildman–Crippen LogP) is 2.72. The number of nitrogens with two attached hydrogens (primary N) is 1. The molecule has 0 bridgehead atoms. The highest BCUT2D eigenvalue weighted by Crippen LogP contribution is 2.29. The van der Waals surface area contributed by atoms with Gasteiger partial charge in [0.2, 0.25) is 0 Å². The van der Waals surface area contributed by atoms with Gasteiger partial charge in [0.1, 0.15) is 0 Å². The second-order valence-electron chi connectivity index (χ2n) is 4.40. The molecule has 2 N–H and O–H groups in total. The Morgan fingerprint density at radius 1 is 1.32 bits per heavy atom. The molecule has 1 unspecified atom stereocenters. The first-order chi connectivity index (χ1) is 9.08. The van der Waals surface area contributed by atoms with E-state index in [1.807, 2.05) is 0 Å². The maximum Gasteiger partial charge on any atom is 0.251 e. The smallest absolute Gasteiger partial charge is 0.251 e. The topological polar surface area (TPSA) is 61.6 Å². The molecule has 0 spiro atoms. The van der Waals surface area contributed by atoms with Crippen molar-refractivity contribution in [3.05, 3.63) is 33.8 Å². The molecule has 1 aromatic carbocycles. The molecule has 104 valence electrons. The molecule has 1 aromatic rings. The summed E-state index contributed by atoms with van der Waals surface area (Å²) in [5.74, 6) is -0.537. The number of benzene rings is 1. The lowest BCUT2D eigenvalue weighted by molar-refractivity contribution is -0.138. The van der Waals surface area contributed by atoms with E-state index in [9.17, 15) is 4.79 Å².